The molecule has 32 heavy (non-hydrogen) atoms. The number of amides is 1. The van der Waals surface area contributed by atoms with Crippen LogP contribution in [-0.4, -0.2) is 22.6 Å². The molecule has 0 aliphatic carbocycles. The minimum atomic E-state index is -0.618. The first-order valence-electron chi connectivity index (χ1n) is 10.3. The summed E-state index contributed by atoms with van der Waals surface area (Å²) >= 11 is 6.49. The Labute approximate surface area is 191 Å². The van der Waals surface area contributed by atoms with E-state index in [9.17, 15) is 9.90 Å². The van der Waals surface area contributed by atoms with Crippen LogP contribution in [0.25, 0.3) is 10.9 Å². The minimum Gasteiger partial charge on any atom is -0.505 e. The molecule has 4 rings (SSSR count). The molecule has 1 atom stereocenters. The van der Waals surface area contributed by atoms with Crippen molar-refractivity contribution < 1.29 is 14.6 Å². The van der Waals surface area contributed by atoms with Gasteiger partial charge in [-0.15, -0.1) is 0 Å². The molecule has 0 saturated carbocycles. The lowest BCUT2D eigenvalue weighted by molar-refractivity contribution is -0.126. The van der Waals surface area contributed by atoms with E-state index in [-0.39, 0.29) is 18.3 Å². The zero-order valence-electron chi connectivity index (χ0n) is 17.6. The molecule has 0 fully saturated rings. The standard InChI is InChI=1S/C26H23ClN2O3/c1-17-9-11-19(12-10-17)24(29-23(30)16-32-15-18-6-3-2-4-7-18)21-14-22(27)20-8-5-13-28-25(20)26(21)31/h2-14,24,31H,15-16H2,1H3,(H,29,30). The third kappa shape index (κ3) is 4.90. The highest BCUT2D eigenvalue weighted by molar-refractivity contribution is 6.35. The number of aromatic nitrogens is 1. The van der Waals surface area contributed by atoms with Crippen LogP contribution in [0.15, 0.2) is 79.0 Å². The molecular weight excluding hydrogens is 424 g/mol. The van der Waals surface area contributed by atoms with Crippen LogP contribution < -0.4 is 5.32 Å². The normalized spacial score (nSPS) is 11.9. The maximum absolute atomic E-state index is 12.8. The van der Waals surface area contributed by atoms with Crippen molar-refractivity contribution in [2.45, 2.75) is 19.6 Å². The van der Waals surface area contributed by atoms with Crippen molar-refractivity contribution in [3.63, 3.8) is 0 Å². The fourth-order valence-electron chi connectivity index (χ4n) is 3.56. The Morgan fingerprint density at radius 1 is 1.09 bits per heavy atom. The number of nitrogens with one attached hydrogen (secondary N) is 1. The highest BCUT2D eigenvalue weighted by Gasteiger charge is 2.23. The summed E-state index contributed by atoms with van der Waals surface area (Å²) in [4.78, 5) is 17.0. The van der Waals surface area contributed by atoms with Crippen LogP contribution in [0.2, 0.25) is 5.02 Å². The van der Waals surface area contributed by atoms with Gasteiger partial charge in [-0.05, 0) is 36.2 Å². The number of aromatic hydroxyl groups is 1. The van der Waals surface area contributed by atoms with Crippen molar-refractivity contribution in [1.82, 2.24) is 10.3 Å². The van der Waals surface area contributed by atoms with E-state index in [4.69, 9.17) is 16.3 Å². The van der Waals surface area contributed by atoms with E-state index in [1.54, 1.807) is 24.4 Å². The molecule has 2 N–H and O–H groups in total. The monoisotopic (exact) mass is 446 g/mol. The number of halogens is 1. The van der Waals surface area contributed by atoms with Gasteiger partial charge in [0.25, 0.3) is 0 Å². The van der Waals surface area contributed by atoms with Crippen LogP contribution in [0.4, 0.5) is 0 Å². The number of fused-ring (bicyclic) bond motifs is 1. The van der Waals surface area contributed by atoms with Crippen molar-refractivity contribution in [2.75, 3.05) is 6.61 Å². The molecule has 0 aliphatic rings. The van der Waals surface area contributed by atoms with Crippen molar-refractivity contribution in [2.24, 2.45) is 0 Å². The number of benzene rings is 3. The Morgan fingerprint density at radius 3 is 2.59 bits per heavy atom. The lowest BCUT2D eigenvalue weighted by Gasteiger charge is -2.22. The molecule has 1 amide bonds. The fraction of sp³-hybridized carbons (Fsp3) is 0.154. The first kappa shape index (κ1) is 21.8. The number of pyridine rings is 1. The molecule has 4 aromatic rings. The molecule has 162 valence electrons. The number of aryl methyl sites for hydroxylation is 1. The van der Waals surface area contributed by atoms with Crippen LogP contribution in [0.1, 0.15) is 28.3 Å². The van der Waals surface area contributed by atoms with Gasteiger partial charge in [0.15, 0.2) is 0 Å². The number of ether oxygens (including phenoxy) is 1. The summed E-state index contributed by atoms with van der Waals surface area (Å²) in [5, 5.41) is 15.1. The molecule has 0 spiro atoms. The number of rotatable bonds is 7. The molecule has 1 unspecified atom stereocenters. The Balaban J connectivity index is 1.61. The van der Waals surface area contributed by atoms with E-state index in [1.807, 2.05) is 61.5 Å². The highest BCUT2D eigenvalue weighted by Crippen LogP contribution is 2.38. The second-order valence-electron chi connectivity index (χ2n) is 7.59. The Morgan fingerprint density at radius 2 is 1.84 bits per heavy atom. The maximum Gasteiger partial charge on any atom is 0.246 e. The molecule has 6 heteroatoms. The van der Waals surface area contributed by atoms with Gasteiger partial charge in [0.05, 0.1) is 17.7 Å². The first-order valence-corrected chi connectivity index (χ1v) is 10.6. The van der Waals surface area contributed by atoms with E-state index >= 15 is 0 Å². The highest BCUT2D eigenvalue weighted by atomic mass is 35.5. The molecule has 5 nitrogen and oxygen atoms in total. The number of carbonyl (C=O) groups is 1. The molecule has 1 aromatic heterocycles. The van der Waals surface area contributed by atoms with Gasteiger partial charge >= 0.3 is 0 Å². The van der Waals surface area contributed by atoms with Crippen LogP contribution in [-0.2, 0) is 16.1 Å². The second-order valence-corrected chi connectivity index (χ2v) is 7.99. The van der Waals surface area contributed by atoms with Crippen LogP contribution >= 0.6 is 11.6 Å². The average molecular weight is 447 g/mol. The molecule has 0 aliphatic heterocycles. The van der Waals surface area contributed by atoms with E-state index < -0.39 is 6.04 Å². The summed E-state index contributed by atoms with van der Waals surface area (Å²) in [6, 6.07) is 22.0. The molecule has 0 bridgehead atoms. The lowest BCUT2D eigenvalue weighted by Crippen LogP contribution is -2.32. The lowest BCUT2D eigenvalue weighted by atomic mass is 9.95. The number of carbonyl (C=O) groups excluding carboxylic acids is 1. The molecule has 1 heterocycles. The van der Waals surface area contributed by atoms with Crippen LogP contribution in [0.5, 0.6) is 5.75 Å². The van der Waals surface area contributed by atoms with E-state index in [2.05, 4.69) is 10.3 Å². The Hall–Kier alpha value is -3.41. The fourth-order valence-corrected chi connectivity index (χ4v) is 3.83. The van der Waals surface area contributed by atoms with Crippen molar-refractivity contribution >= 4 is 28.4 Å². The van der Waals surface area contributed by atoms with E-state index in [0.717, 1.165) is 16.7 Å². The third-order valence-corrected chi connectivity index (χ3v) is 5.53. The van der Waals surface area contributed by atoms with E-state index in [1.165, 1.54) is 0 Å². The van der Waals surface area contributed by atoms with Gasteiger partial charge in [-0.3, -0.25) is 9.78 Å². The number of phenolic OH excluding ortho intramolecular Hbond substituents is 1. The van der Waals surface area contributed by atoms with Gasteiger partial charge in [-0.2, -0.15) is 0 Å². The van der Waals surface area contributed by atoms with Gasteiger partial charge in [0, 0.05) is 17.1 Å². The summed E-state index contributed by atoms with van der Waals surface area (Å²) in [6.07, 6.45) is 1.60. The zero-order chi connectivity index (χ0) is 22.5. The molecule has 3 aromatic carbocycles. The van der Waals surface area contributed by atoms with Gasteiger partial charge in [0.2, 0.25) is 5.91 Å². The van der Waals surface area contributed by atoms with Gasteiger partial charge in [-0.1, -0.05) is 71.8 Å². The Bertz CT molecular complexity index is 1230. The van der Waals surface area contributed by atoms with Crippen molar-refractivity contribution in [3.05, 3.63) is 106 Å². The maximum atomic E-state index is 12.8. The zero-order valence-corrected chi connectivity index (χ0v) is 18.3. The second kappa shape index (κ2) is 9.81. The minimum absolute atomic E-state index is 0.0129. The van der Waals surface area contributed by atoms with Gasteiger partial charge < -0.3 is 15.2 Å². The largest absolute Gasteiger partial charge is 0.505 e. The van der Waals surface area contributed by atoms with Gasteiger partial charge in [0.1, 0.15) is 17.9 Å². The predicted molar refractivity (Wildman–Crippen MR) is 126 cm³/mol. The topological polar surface area (TPSA) is 71.5 Å². The summed E-state index contributed by atoms with van der Waals surface area (Å²) < 4.78 is 5.58. The SMILES string of the molecule is Cc1ccc(C(NC(=O)COCc2ccccc2)c2cc(Cl)c3cccnc3c2O)cc1. The van der Waals surface area contributed by atoms with Crippen LogP contribution in [0.3, 0.4) is 0 Å². The first-order chi connectivity index (χ1) is 15.5. The summed E-state index contributed by atoms with van der Waals surface area (Å²) in [6.45, 7) is 2.21. The summed E-state index contributed by atoms with van der Waals surface area (Å²) in [5.74, 6) is -0.316. The average Bonchev–Trinajstić information content (AvgIpc) is 2.81. The smallest absolute Gasteiger partial charge is 0.246 e. The Kier molecular flexibility index (Phi) is 6.69. The quantitative estimate of drug-likeness (QED) is 0.402. The number of phenols is 1. The van der Waals surface area contributed by atoms with E-state index in [0.29, 0.717) is 28.1 Å². The number of hydrogen-bond donors (Lipinski definition) is 2. The molecular formula is C26H23ClN2O3. The van der Waals surface area contributed by atoms with Crippen LogP contribution in [0, 0.1) is 6.92 Å². The number of hydrogen-bond acceptors (Lipinski definition) is 4. The van der Waals surface area contributed by atoms with Crippen molar-refractivity contribution in [1.29, 1.82) is 0 Å². The number of nitrogens with zero attached hydrogens (tertiary/aromatic N) is 1. The summed E-state index contributed by atoms with van der Waals surface area (Å²) in [5.41, 5.74) is 3.75. The molecule has 0 saturated heterocycles. The predicted octanol–water partition coefficient (Wildman–Crippen LogP) is 5.32. The summed E-state index contributed by atoms with van der Waals surface area (Å²) in [7, 11) is 0. The third-order valence-electron chi connectivity index (χ3n) is 5.22. The van der Waals surface area contributed by atoms with Gasteiger partial charge in [-0.25, -0.2) is 0 Å². The molecule has 0 radical (unpaired) electrons. The van der Waals surface area contributed by atoms with Crippen molar-refractivity contribution in [3.8, 4) is 5.75 Å².